The smallest absolute Gasteiger partial charge is 0.0443 e. The molecular formula is C13H21NO. The van der Waals surface area contributed by atoms with Crippen molar-refractivity contribution in [3.05, 3.63) is 35.4 Å². The van der Waals surface area contributed by atoms with Gasteiger partial charge in [0, 0.05) is 12.6 Å². The van der Waals surface area contributed by atoms with Gasteiger partial charge in [-0.15, -0.1) is 0 Å². The van der Waals surface area contributed by atoms with Crippen LogP contribution in [-0.4, -0.2) is 24.3 Å². The Morgan fingerprint density at radius 3 is 2.53 bits per heavy atom. The average molecular weight is 207 g/mol. The largest absolute Gasteiger partial charge is 0.396 e. The van der Waals surface area contributed by atoms with Gasteiger partial charge in [-0.2, -0.15) is 0 Å². The van der Waals surface area contributed by atoms with Gasteiger partial charge in [0.05, 0.1) is 0 Å². The lowest BCUT2D eigenvalue weighted by atomic mass is 10.1. The maximum absolute atomic E-state index is 8.66. The van der Waals surface area contributed by atoms with Gasteiger partial charge in [-0.1, -0.05) is 29.8 Å². The molecule has 0 aliphatic heterocycles. The van der Waals surface area contributed by atoms with E-state index in [0.717, 1.165) is 19.4 Å². The molecule has 1 aromatic carbocycles. The van der Waals surface area contributed by atoms with Crippen LogP contribution in [0.25, 0.3) is 0 Å². The zero-order chi connectivity index (χ0) is 11.1. The molecule has 1 atom stereocenters. The summed E-state index contributed by atoms with van der Waals surface area (Å²) in [7, 11) is 0. The van der Waals surface area contributed by atoms with E-state index >= 15 is 0 Å². The molecule has 1 unspecified atom stereocenters. The number of aliphatic hydroxyl groups excluding tert-OH is 1. The van der Waals surface area contributed by atoms with E-state index in [0.29, 0.717) is 6.04 Å². The maximum atomic E-state index is 8.66. The predicted molar refractivity (Wildman–Crippen MR) is 64.1 cm³/mol. The van der Waals surface area contributed by atoms with Crippen LogP contribution < -0.4 is 5.32 Å². The van der Waals surface area contributed by atoms with Crippen molar-refractivity contribution < 1.29 is 5.11 Å². The molecule has 15 heavy (non-hydrogen) atoms. The monoisotopic (exact) mass is 207 g/mol. The van der Waals surface area contributed by atoms with Crippen molar-refractivity contribution in [1.82, 2.24) is 5.32 Å². The molecule has 0 aliphatic carbocycles. The van der Waals surface area contributed by atoms with Crippen molar-refractivity contribution in [2.75, 3.05) is 13.2 Å². The molecule has 2 N–H and O–H groups in total. The first-order valence-electron chi connectivity index (χ1n) is 5.62. The normalized spacial score (nSPS) is 12.7. The lowest BCUT2D eigenvalue weighted by molar-refractivity contribution is 0.283. The minimum absolute atomic E-state index is 0.268. The molecule has 2 heteroatoms. The summed E-state index contributed by atoms with van der Waals surface area (Å²) in [6, 6.07) is 9.13. The fraction of sp³-hybridized carbons (Fsp3) is 0.538. The molecule has 0 saturated carbocycles. The minimum atomic E-state index is 0.268. The molecule has 0 bridgehead atoms. The first-order valence-corrected chi connectivity index (χ1v) is 5.62. The maximum Gasteiger partial charge on any atom is 0.0443 e. The van der Waals surface area contributed by atoms with Crippen LogP contribution >= 0.6 is 0 Å². The van der Waals surface area contributed by atoms with Gasteiger partial charge in [-0.25, -0.2) is 0 Å². The van der Waals surface area contributed by atoms with Gasteiger partial charge < -0.3 is 10.4 Å². The van der Waals surface area contributed by atoms with Crippen LogP contribution in [-0.2, 0) is 6.42 Å². The molecule has 0 saturated heterocycles. The molecule has 0 fully saturated rings. The second-order valence-electron chi connectivity index (χ2n) is 4.12. The summed E-state index contributed by atoms with van der Waals surface area (Å²) in [5.74, 6) is 0. The molecule has 0 amide bonds. The number of hydrogen-bond donors (Lipinski definition) is 2. The fourth-order valence-electron chi connectivity index (χ4n) is 1.58. The van der Waals surface area contributed by atoms with Crippen LogP contribution in [0.15, 0.2) is 24.3 Å². The van der Waals surface area contributed by atoms with Crippen molar-refractivity contribution in [3.63, 3.8) is 0 Å². The Kier molecular flexibility index (Phi) is 5.37. The molecule has 0 heterocycles. The summed E-state index contributed by atoms with van der Waals surface area (Å²) in [4.78, 5) is 0. The van der Waals surface area contributed by atoms with Crippen LogP contribution in [0.3, 0.4) is 0 Å². The molecule has 0 aromatic heterocycles. The summed E-state index contributed by atoms with van der Waals surface area (Å²) >= 11 is 0. The SMILES string of the molecule is Cc1ccc(CC(C)NCCCO)cc1. The van der Waals surface area contributed by atoms with Crippen molar-refractivity contribution in [1.29, 1.82) is 0 Å². The van der Waals surface area contributed by atoms with Gasteiger partial charge in [-0.3, -0.25) is 0 Å². The highest BCUT2D eigenvalue weighted by molar-refractivity contribution is 5.21. The lowest BCUT2D eigenvalue weighted by Crippen LogP contribution is -2.29. The van der Waals surface area contributed by atoms with Crippen molar-refractivity contribution in [2.24, 2.45) is 0 Å². The van der Waals surface area contributed by atoms with E-state index in [2.05, 4.69) is 43.4 Å². The Morgan fingerprint density at radius 2 is 1.93 bits per heavy atom. The predicted octanol–water partition coefficient (Wildman–Crippen LogP) is 1.90. The summed E-state index contributed by atoms with van der Waals surface area (Å²) in [5, 5.41) is 12.0. The average Bonchev–Trinajstić information content (AvgIpc) is 2.22. The Bertz CT molecular complexity index is 268. The van der Waals surface area contributed by atoms with E-state index in [9.17, 15) is 0 Å². The summed E-state index contributed by atoms with van der Waals surface area (Å²) < 4.78 is 0. The quantitative estimate of drug-likeness (QED) is 0.698. The minimum Gasteiger partial charge on any atom is -0.396 e. The van der Waals surface area contributed by atoms with Gasteiger partial charge in [0.2, 0.25) is 0 Å². The standard InChI is InChI=1S/C13H21NO/c1-11-4-6-13(7-5-11)10-12(2)14-8-3-9-15/h4-7,12,14-15H,3,8-10H2,1-2H3. The van der Waals surface area contributed by atoms with Crippen LogP contribution in [0.1, 0.15) is 24.5 Å². The fourth-order valence-corrected chi connectivity index (χ4v) is 1.58. The second kappa shape index (κ2) is 6.59. The van der Waals surface area contributed by atoms with Crippen molar-refractivity contribution in [2.45, 2.75) is 32.7 Å². The third-order valence-corrected chi connectivity index (χ3v) is 2.49. The number of benzene rings is 1. The highest BCUT2D eigenvalue weighted by Gasteiger charge is 2.01. The first kappa shape index (κ1) is 12.2. The lowest BCUT2D eigenvalue weighted by Gasteiger charge is -2.13. The topological polar surface area (TPSA) is 32.3 Å². The number of aliphatic hydroxyl groups is 1. The molecular weight excluding hydrogens is 186 g/mol. The zero-order valence-corrected chi connectivity index (χ0v) is 9.66. The van der Waals surface area contributed by atoms with E-state index < -0.39 is 0 Å². The van der Waals surface area contributed by atoms with Gasteiger partial charge in [0.1, 0.15) is 0 Å². The number of aryl methyl sites for hydroxylation is 1. The van der Waals surface area contributed by atoms with E-state index in [4.69, 9.17) is 5.11 Å². The summed E-state index contributed by atoms with van der Waals surface area (Å²) in [5.41, 5.74) is 2.67. The van der Waals surface area contributed by atoms with Gasteiger partial charge in [-0.05, 0) is 38.8 Å². The Balaban J connectivity index is 2.31. The first-order chi connectivity index (χ1) is 7.22. The van der Waals surface area contributed by atoms with Gasteiger partial charge in [0.15, 0.2) is 0 Å². The zero-order valence-electron chi connectivity index (χ0n) is 9.66. The molecule has 1 rings (SSSR count). The van der Waals surface area contributed by atoms with Crippen LogP contribution in [0, 0.1) is 6.92 Å². The Labute approximate surface area is 92.3 Å². The number of hydrogen-bond acceptors (Lipinski definition) is 2. The molecule has 2 nitrogen and oxygen atoms in total. The third kappa shape index (κ3) is 4.96. The van der Waals surface area contributed by atoms with E-state index in [1.807, 2.05) is 0 Å². The van der Waals surface area contributed by atoms with Crippen molar-refractivity contribution >= 4 is 0 Å². The Hall–Kier alpha value is -0.860. The second-order valence-corrected chi connectivity index (χ2v) is 4.12. The van der Waals surface area contributed by atoms with E-state index in [-0.39, 0.29) is 6.61 Å². The molecule has 84 valence electrons. The molecule has 1 aromatic rings. The van der Waals surface area contributed by atoms with Crippen molar-refractivity contribution in [3.8, 4) is 0 Å². The van der Waals surface area contributed by atoms with Gasteiger partial charge >= 0.3 is 0 Å². The molecule has 0 spiro atoms. The highest BCUT2D eigenvalue weighted by Crippen LogP contribution is 2.05. The van der Waals surface area contributed by atoms with E-state index in [1.165, 1.54) is 11.1 Å². The number of nitrogens with one attached hydrogen (secondary N) is 1. The Morgan fingerprint density at radius 1 is 1.27 bits per heavy atom. The molecule has 0 radical (unpaired) electrons. The van der Waals surface area contributed by atoms with E-state index in [1.54, 1.807) is 0 Å². The molecule has 0 aliphatic rings. The van der Waals surface area contributed by atoms with Crippen LogP contribution in [0.2, 0.25) is 0 Å². The third-order valence-electron chi connectivity index (χ3n) is 2.49. The summed E-state index contributed by atoms with van der Waals surface area (Å²) in [6.07, 6.45) is 1.88. The highest BCUT2D eigenvalue weighted by atomic mass is 16.3. The number of rotatable bonds is 6. The van der Waals surface area contributed by atoms with Crippen LogP contribution in [0.5, 0.6) is 0 Å². The summed E-state index contributed by atoms with van der Waals surface area (Å²) in [6.45, 7) is 5.44. The van der Waals surface area contributed by atoms with Crippen LogP contribution in [0.4, 0.5) is 0 Å². The van der Waals surface area contributed by atoms with Gasteiger partial charge in [0.25, 0.3) is 0 Å².